The van der Waals surface area contributed by atoms with Gasteiger partial charge >= 0.3 is 0 Å². The van der Waals surface area contributed by atoms with E-state index < -0.39 is 0 Å². The Labute approximate surface area is 124 Å². The summed E-state index contributed by atoms with van der Waals surface area (Å²) < 4.78 is 14.4. The molecule has 1 aliphatic heterocycles. The van der Waals surface area contributed by atoms with Crippen molar-refractivity contribution >= 4 is 11.6 Å². The van der Waals surface area contributed by atoms with E-state index in [9.17, 15) is 9.18 Å². The van der Waals surface area contributed by atoms with Crippen molar-refractivity contribution in [2.24, 2.45) is 11.7 Å². The van der Waals surface area contributed by atoms with Crippen LogP contribution in [0.1, 0.15) is 36.8 Å². The van der Waals surface area contributed by atoms with Crippen LogP contribution in [-0.2, 0) is 17.8 Å². The van der Waals surface area contributed by atoms with Crippen LogP contribution in [0, 0.1) is 11.7 Å². The highest BCUT2D eigenvalue weighted by Crippen LogP contribution is 2.28. The Morgan fingerprint density at radius 2 is 2.29 bits per heavy atom. The maximum Gasteiger partial charge on any atom is 0.224 e. The van der Waals surface area contributed by atoms with Crippen LogP contribution >= 0.6 is 0 Å². The van der Waals surface area contributed by atoms with Crippen molar-refractivity contribution in [1.82, 2.24) is 5.32 Å². The SMILES string of the molecule is N[C@@H]1CCC[C@H]1CC(=O)Nc1ccc2c(c1F)CCNC2. The molecule has 21 heavy (non-hydrogen) atoms. The van der Waals surface area contributed by atoms with Crippen LogP contribution in [0.3, 0.4) is 0 Å². The zero-order valence-electron chi connectivity index (χ0n) is 12.1. The van der Waals surface area contributed by atoms with Crippen LogP contribution in [0.25, 0.3) is 0 Å². The largest absolute Gasteiger partial charge is 0.327 e. The summed E-state index contributed by atoms with van der Waals surface area (Å²) in [5.74, 6) is -0.182. The Morgan fingerprint density at radius 3 is 3.05 bits per heavy atom. The molecule has 1 aliphatic carbocycles. The lowest BCUT2D eigenvalue weighted by atomic mass is 9.98. The van der Waals surface area contributed by atoms with Crippen LogP contribution in [0.15, 0.2) is 12.1 Å². The molecule has 1 aromatic carbocycles. The third kappa shape index (κ3) is 3.09. The predicted octanol–water partition coefficient (Wildman–Crippen LogP) is 1.93. The summed E-state index contributed by atoms with van der Waals surface area (Å²) >= 11 is 0. The summed E-state index contributed by atoms with van der Waals surface area (Å²) in [6.07, 6.45) is 4.11. The normalized spacial score (nSPS) is 24.7. The highest BCUT2D eigenvalue weighted by Gasteiger charge is 2.26. The maximum atomic E-state index is 14.4. The van der Waals surface area contributed by atoms with Crippen molar-refractivity contribution in [3.63, 3.8) is 0 Å². The summed E-state index contributed by atoms with van der Waals surface area (Å²) in [6.45, 7) is 1.47. The quantitative estimate of drug-likeness (QED) is 0.797. The molecular formula is C16H22FN3O. The maximum absolute atomic E-state index is 14.4. The van der Waals surface area contributed by atoms with Gasteiger partial charge in [0, 0.05) is 19.0 Å². The standard InChI is InChI=1S/C16H22FN3O/c17-16-12-6-7-19-9-11(12)4-5-14(16)20-15(21)8-10-2-1-3-13(10)18/h4-5,10,13,19H,1-3,6-9,18H2,(H,20,21)/t10-,13+/m0/s1. The first-order valence-corrected chi connectivity index (χ1v) is 7.71. The third-order valence-electron chi connectivity index (χ3n) is 4.65. The monoisotopic (exact) mass is 291 g/mol. The average Bonchev–Trinajstić information content (AvgIpc) is 2.87. The summed E-state index contributed by atoms with van der Waals surface area (Å²) in [5.41, 5.74) is 7.99. The molecule has 4 nitrogen and oxygen atoms in total. The number of nitrogens with one attached hydrogen (secondary N) is 2. The molecule has 0 radical (unpaired) electrons. The Kier molecular flexibility index (Phi) is 4.22. The molecule has 0 bridgehead atoms. The molecule has 0 aromatic heterocycles. The van der Waals surface area contributed by atoms with Crippen molar-refractivity contribution in [2.75, 3.05) is 11.9 Å². The molecule has 0 spiro atoms. The van der Waals surface area contributed by atoms with Gasteiger partial charge in [0.2, 0.25) is 5.91 Å². The number of amides is 1. The molecule has 5 heteroatoms. The lowest BCUT2D eigenvalue weighted by Crippen LogP contribution is -2.29. The summed E-state index contributed by atoms with van der Waals surface area (Å²) in [5, 5.41) is 5.93. The molecule has 3 rings (SSSR count). The van der Waals surface area contributed by atoms with Crippen LogP contribution in [0.5, 0.6) is 0 Å². The second-order valence-corrected chi connectivity index (χ2v) is 6.10. The zero-order chi connectivity index (χ0) is 14.8. The van der Waals surface area contributed by atoms with Gasteiger partial charge in [-0.3, -0.25) is 4.79 Å². The molecule has 1 heterocycles. The van der Waals surface area contributed by atoms with E-state index in [1.165, 1.54) is 0 Å². The molecule has 1 saturated carbocycles. The van der Waals surface area contributed by atoms with Crippen molar-refractivity contribution < 1.29 is 9.18 Å². The molecule has 1 fully saturated rings. The Bertz CT molecular complexity index is 547. The fourth-order valence-corrected chi connectivity index (χ4v) is 3.39. The van der Waals surface area contributed by atoms with Gasteiger partial charge in [0.25, 0.3) is 0 Å². The van der Waals surface area contributed by atoms with E-state index in [1.807, 2.05) is 6.07 Å². The number of hydrogen-bond donors (Lipinski definition) is 3. The molecule has 1 aromatic rings. The van der Waals surface area contributed by atoms with Crippen LogP contribution in [-0.4, -0.2) is 18.5 Å². The minimum Gasteiger partial charge on any atom is -0.327 e. The zero-order valence-corrected chi connectivity index (χ0v) is 12.1. The highest BCUT2D eigenvalue weighted by molar-refractivity contribution is 5.91. The van der Waals surface area contributed by atoms with Gasteiger partial charge in [0.1, 0.15) is 5.82 Å². The van der Waals surface area contributed by atoms with E-state index in [0.717, 1.165) is 36.9 Å². The molecule has 2 aliphatic rings. The van der Waals surface area contributed by atoms with Crippen LogP contribution in [0.4, 0.5) is 10.1 Å². The number of fused-ring (bicyclic) bond motifs is 1. The van der Waals surface area contributed by atoms with Gasteiger partial charge < -0.3 is 16.4 Å². The van der Waals surface area contributed by atoms with Crippen molar-refractivity contribution in [3.8, 4) is 0 Å². The summed E-state index contributed by atoms with van der Waals surface area (Å²) in [4.78, 5) is 12.1. The summed E-state index contributed by atoms with van der Waals surface area (Å²) in [6, 6.07) is 3.66. The number of nitrogens with two attached hydrogens (primary N) is 1. The first kappa shape index (κ1) is 14.5. The average molecular weight is 291 g/mol. The molecule has 2 atom stereocenters. The van der Waals surface area contributed by atoms with E-state index in [-0.39, 0.29) is 23.7 Å². The number of carbonyl (C=O) groups is 1. The second kappa shape index (κ2) is 6.12. The van der Waals surface area contributed by atoms with E-state index in [2.05, 4.69) is 10.6 Å². The van der Waals surface area contributed by atoms with Crippen LogP contribution < -0.4 is 16.4 Å². The number of halogens is 1. The highest BCUT2D eigenvalue weighted by atomic mass is 19.1. The number of carbonyl (C=O) groups excluding carboxylic acids is 1. The van der Waals surface area contributed by atoms with Crippen molar-refractivity contribution in [1.29, 1.82) is 0 Å². The van der Waals surface area contributed by atoms with Gasteiger partial charge in [-0.15, -0.1) is 0 Å². The number of rotatable bonds is 3. The molecular weight excluding hydrogens is 269 g/mol. The van der Waals surface area contributed by atoms with Crippen LogP contribution in [0.2, 0.25) is 0 Å². The topological polar surface area (TPSA) is 67.2 Å². The third-order valence-corrected chi connectivity index (χ3v) is 4.65. The van der Waals surface area contributed by atoms with Gasteiger partial charge in [-0.2, -0.15) is 0 Å². The van der Waals surface area contributed by atoms with E-state index in [1.54, 1.807) is 6.07 Å². The lowest BCUT2D eigenvalue weighted by molar-refractivity contribution is -0.117. The molecule has 0 saturated heterocycles. The van der Waals surface area contributed by atoms with Gasteiger partial charge in [-0.05, 0) is 48.9 Å². The van der Waals surface area contributed by atoms with E-state index in [0.29, 0.717) is 25.1 Å². The van der Waals surface area contributed by atoms with Crippen molar-refractivity contribution in [2.45, 2.75) is 44.7 Å². The molecule has 0 unspecified atom stereocenters. The van der Waals surface area contributed by atoms with Gasteiger partial charge in [-0.1, -0.05) is 12.5 Å². The smallest absolute Gasteiger partial charge is 0.224 e. The lowest BCUT2D eigenvalue weighted by Gasteiger charge is -2.20. The van der Waals surface area contributed by atoms with Gasteiger partial charge in [0.05, 0.1) is 5.69 Å². The van der Waals surface area contributed by atoms with E-state index in [4.69, 9.17) is 5.73 Å². The van der Waals surface area contributed by atoms with Gasteiger partial charge in [0.15, 0.2) is 0 Å². The molecule has 114 valence electrons. The summed E-state index contributed by atoms with van der Waals surface area (Å²) in [7, 11) is 0. The first-order chi connectivity index (χ1) is 10.1. The predicted molar refractivity (Wildman–Crippen MR) is 80.4 cm³/mol. The first-order valence-electron chi connectivity index (χ1n) is 7.71. The minimum absolute atomic E-state index is 0.107. The number of anilines is 1. The minimum atomic E-state index is -0.280. The number of benzene rings is 1. The fourth-order valence-electron chi connectivity index (χ4n) is 3.39. The molecule has 1 amide bonds. The second-order valence-electron chi connectivity index (χ2n) is 6.10. The fraction of sp³-hybridized carbons (Fsp3) is 0.562. The van der Waals surface area contributed by atoms with Gasteiger partial charge in [-0.25, -0.2) is 4.39 Å². The van der Waals surface area contributed by atoms with Crippen molar-refractivity contribution in [3.05, 3.63) is 29.1 Å². The Morgan fingerprint density at radius 1 is 1.43 bits per heavy atom. The Hall–Kier alpha value is -1.46. The number of hydrogen-bond acceptors (Lipinski definition) is 3. The van der Waals surface area contributed by atoms with E-state index >= 15 is 0 Å². The Balaban J connectivity index is 1.68. The molecule has 4 N–H and O–H groups in total.